The van der Waals surface area contributed by atoms with Crippen molar-refractivity contribution in [1.82, 2.24) is 9.55 Å². The maximum Gasteiger partial charge on any atom is 0.447 e. The summed E-state index contributed by atoms with van der Waals surface area (Å²) < 4.78 is 75.8. The minimum Gasteiger partial charge on any atom is -0.286 e. The van der Waals surface area contributed by atoms with Gasteiger partial charge < -0.3 is 0 Å². The highest BCUT2D eigenvalue weighted by Crippen LogP contribution is 2.41. The minimum atomic E-state index is -4.68. The number of hydrogen-bond acceptors (Lipinski definition) is 2. The average molecular weight is 416 g/mol. The lowest BCUT2D eigenvalue weighted by Crippen LogP contribution is -2.06. The highest BCUT2D eigenvalue weighted by molar-refractivity contribution is 8.00. The lowest BCUT2D eigenvalue weighted by Gasteiger charge is -2.13. The Kier molecular flexibility index (Phi) is 5.06. The zero-order valence-corrected chi connectivity index (χ0v) is 13.5. The first kappa shape index (κ1) is 18.6. The lowest BCUT2D eigenvalue weighted by atomic mass is 10.2. The summed E-state index contributed by atoms with van der Waals surface area (Å²) in [7, 11) is 0. The molecule has 12 heteroatoms. The van der Waals surface area contributed by atoms with Crippen molar-refractivity contribution in [2.75, 3.05) is 0 Å². The maximum absolute atomic E-state index is 12.7. The van der Waals surface area contributed by atoms with Gasteiger partial charge in [-0.1, -0.05) is 23.2 Å². The van der Waals surface area contributed by atoms with Crippen molar-refractivity contribution < 1.29 is 26.3 Å². The molecule has 0 aliphatic rings. The van der Waals surface area contributed by atoms with E-state index in [2.05, 4.69) is 4.98 Å². The highest BCUT2D eigenvalue weighted by Gasteiger charge is 2.33. The van der Waals surface area contributed by atoms with Crippen LogP contribution >= 0.6 is 46.6 Å². The molecule has 1 aromatic carbocycles. The van der Waals surface area contributed by atoms with Gasteiger partial charge in [0.2, 0.25) is 5.28 Å². The second-order valence-electron chi connectivity index (χ2n) is 4.05. The largest absolute Gasteiger partial charge is 0.447 e. The number of hydrogen-bond donors (Lipinski definition) is 0. The van der Waals surface area contributed by atoms with E-state index in [-0.39, 0.29) is 5.69 Å². The van der Waals surface area contributed by atoms with Crippen LogP contribution in [0.4, 0.5) is 26.3 Å². The second-order valence-corrected chi connectivity index (χ2v) is 6.29. The van der Waals surface area contributed by atoms with Crippen LogP contribution < -0.4 is 0 Å². The molecule has 1 heterocycles. The number of alkyl halides is 6. The smallest absolute Gasteiger partial charge is 0.286 e. The van der Waals surface area contributed by atoms with Gasteiger partial charge in [-0.25, -0.2) is 4.98 Å². The molecule has 0 bridgehead atoms. The Labute approximate surface area is 144 Å². The Morgan fingerprint density at radius 2 is 1.48 bits per heavy atom. The molecule has 23 heavy (non-hydrogen) atoms. The van der Waals surface area contributed by atoms with Crippen molar-refractivity contribution in [3.05, 3.63) is 39.2 Å². The molecular weight excluding hydrogens is 413 g/mol. The Balaban J connectivity index is 2.51. The van der Waals surface area contributed by atoms with Crippen molar-refractivity contribution in [2.45, 2.75) is 16.7 Å². The van der Waals surface area contributed by atoms with E-state index in [1.54, 1.807) is 0 Å². The van der Waals surface area contributed by atoms with Gasteiger partial charge in [0.05, 0.1) is 21.3 Å². The first-order valence-electron chi connectivity index (χ1n) is 5.46. The molecule has 0 unspecified atom stereocenters. The van der Waals surface area contributed by atoms with Gasteiger partial charge in [-0.2, -0.15) is 26.3 Å². The molecule has 0 radical (unpaired) electrons. The topological polar surface area (TPSA) is 17.8 Å². The fourth-order valence-corrected chi connectivity index (χ4v) is 3.09. The number of aromatic nitrogens is 2. The third kappa shape index (κ3) is 4.40. The minimum absolute atomic E-state index is 0.201. The van der Waals surface area contributed by atoms with Gasteiger partial charge in [-0.15, -0.1) is 0 Å². The van der Waals surface area contributed by atoms with Crippen LogP contribution in [0.1, 0.15) is 5.56 Å². The van der Waals surface area contributed by atoms with E-state index in [4.69, 9.17) is 34.8 Å². The van der Waals surface area contributed by atoms with Gasteiger partial charge in [0.1, 0.15) is 5.03 Å². The predicted octanol–water partition coefficient (Wildman–Crippen LogP) is 6.46. The molecule has 0 saturated heterocycles. The van der Waals surface area contributed by atoms with Crippen molar-refractivity contribution in [2.24, 2.45) is 0 Å². The first-order chi connectivity index (χ1) is 10.4. The van der Waals surface area contributed by atoms with Crippen LogP contribution in [-0.2, 0) is 6.18 Å². The van der Waals surface area contributed by atoms with Crippen molar-refractivity contribution >= 4 is 46.6 Å². The van der Waals surface area contributed by atoms with E-state index >= 15 is 0 Å². The standard InChI is InChI=1S/C11H3Cl3F6N2S/c12-5-1-4(10(15,16)17)2-6(13)8(5)22-3-7(21-9(22)14)23-11(18,19)20/h1-3H. The molecule has 0 atom stereocenters. The van der Waals surface area contributed by atoms with Crippen LogP contribution in [0.2, 0.25) is 15.3 Å². The summed E-state index contributed by atoms with van der Waals surface area (Å²) in [5, 5.41) is -1.81. The summed E-state index contributed by atoms with van der Waals surface area (Å²) in [5.74, 6) is 0. The highest BCUT2D eigenvalue weighted by atomic mass is 35.5. The summed E-state index contributed by atoms with van der Waals surface area (Å²) in [6, 6.07) is 1.19. The predicted molar refractivity (Wildman–Crippen MR) is 75.5 cm³/mol. The van der Waals surface area contributed by atoms with E-state index in [0.717, 1.165) is 10.8 Å². The number of thioether (sulfide) groups is 1. The van der Waals surface area contributed by atoms with E-state index in [9.17, 15) is 26.3 Å². The molecule has 0 fully saturated rings. The van der Waals surface area contributed by atoms with Crippen LogP contribution in [0.15, 0.2) is 23.4 Å². The van der Waals surface area contributed by atoms with E-state index in [0.29, 0.717) is 12.1 Å². The molecular formula is C11H3Cl3F6N2S. The molecule has 0 aliphatic carbocycles. The van der Waals surface area contributed by atoms with Gasteiger partial charge in [0, 0.05) is 18.0 Å². The molecule has 126 valence electrons. The normalized spacial score (nSPS) is 12.7. The maximum atomic E-state index is 12.7. The van der Waals surface area contributed by atoms with Crippen molar-refractivity contribution in [1.29, 1.82) is 0 Å². The molecule has 2 rings (SSSR count). The third-order valence-corrected chi connectivity index (χ3v) is 3.93. The van der Waals surface area contributed by atoms with Crippen molar-refractivity contribution in [3.63, 3.8) is 0 Å². The Morgan fingerprint density at radius 3 is 1.91 bits per heavy atom. The monoisotopic (exact) mass is 414 g/mol. The average Bonchev–Trinajstić information content (AvgIpc) is 2.65. The Bertz CT molecular complexity index is 717. The molecule has 0 aliphatic heterocycles. The number of nitrogens with zero attached hydrogens (tertiary/aromatic N) is 2. The SMILES string of the molecule is FC(F)(F)Sc1cn(-c2c(Cl)cc(C(F)(F)F)cc2Cl)c(Cl)n1. The fourth-order valence-electron chi connectivity index (χ4n) is 1.62. The van der Waals surface area contributed by atoms with Gasteiger partial charge in [0.25, 0.3) is 0 Å². The number of imidazole rings is 1. The van der Waals surface area contributed by atoms with E-state index < -0.39 is 49.4 Å². The number of rotatable bonds is 2. The van der Waals surface area contributed by atoms with Crippen LogP contribution in [0.25, 0.3) is 5.69 Å². The zero-order chi connectivity index (χ0) is 17.6. The lowest BCUT2D eigenvalue weighted by molar-refractivity contribution is -0.137. The number of halogens is 9. The quantitative estimate of drug-likeness (QED) is 0.414. The van der Waals surface area contributed by atoms with Gasteiger partial charge in [-0.3, -0.25) is 4.57 Å². The molecule has 2 aromatic rings. The molecule has 0 N–H and O–H groups in total. The fraction of sp³-hybridized carbons (Fsp3) is 0.182. The summed E-state index contributed by atoms with van der Waals surface area (Å²) >= 11 is 16.7. The second kappa shape index (κ2) is 6.27. The Hall–Kier alpha value is -0.770. The van der Waals surface area contributed by atoms with Crippen LogP contribution in [0.5, 0.6) is 0 Å². The molecule has 0 saturated carbocycles. The van der Waals surface area contributed by atoms with E-state index in [1.165, 1.54) is 0 Å². The number of benzene rings is 1. The van der Waals surface area contributed by atoms with Gasteiger partial charge in [0.15, 0.2) is 0 Å². The van der Waals surface area contributed by atoms with Crippen LogP contribution in [0.3, 0.4) is 0 Å². The summed E-state index contributed by atoms with van der Waals surface area (Å²) in [4.78, 5) is 3.46. The van der Waals surface area contributed by atoms with E-state index in [1.807, 2.05) is 0 Å². The molecule has 0 amide bonds. The van der Waals surface area contributed by atoms with Gasteiger partial charge in [-0.05, 0) is 23.7 Å². The van der Waals surface area contributed by atoms with Crippen LogP contribution in [-0.4, -0.2) is 15.1 Å². The first-order valence-corrected chi connectivity index (χ1v) is 7.41. The summed E-state index contributed by atoms with van der Waals surface area (Å²) in [6.07, 6.45) is -3.80. The zero-order valence-electron chi connectivity index (χ0n) is 10.4. The molecule has 0 spiro atoms. The summed E-state index contributed by atoms with van der Waals surface area (Å²) in [5.41, 5.74) is -5.90. The molecule has 1 aromatic heterocycles. The molecule has 2 nitrogen and oxygen atoms in total. The summed E-state index contributed by atoms with van der Waals surface area (Å²) in [6.45, 7) is 0. The van der Waals surface area contributed by atoms with Gasteiger partial charge >= 0.3 is 11.7 Å². The third-order valence-electron chi connectivity index (χ3n) is 2.45. The van der Waals surface area contributed by atoms with Crippen molar-refractivity contribution in [3.8, 4) is 5.69 Å². The Morgan fingerprint density at radius 1 is 0.957 bits per heavy atom. The van der Waals surface area contributed by atoms with Crippen LogP contribution in [0, 0.1) is 0 Å².